The molecule has 0 unspecified atom stereocenters. The molecule has 2 atom stereocenters. The number of alkyl carbamates (subject to hydrolysis) is 1. The molecule has 0 saturated heterocycles. The Hall–Kier alpha value is -2.63. The molecule has 2 N–H and O–H groups in total. The number of ether oxygens (including phenoxy) is 2. The van der Waals surface area contributed by atoms with Gasteiger partial charge in [0.25, 0.3) is 0 Å². The monoisotopic (exact) mass is 383 g/mol. The van der Waals surface area contributed by atoms with Crippen LogP contribution in [0.4, 0.5) is 4.79 Å². The Morgan fingerprint density at radius 2 is 1.64 bits per heavy atom. The lowest BCUT2D eigenvalue weighted by molar-refractivity contribution is 0.00530. The minimum absolute atomic E-state index is 0.0739. The molecule has 0 aromatic heterocycles. The van der Waals surface area contributed by atoms with Crippen LogP contribution in [0.25, 0.3) is 0 Å². The molecule has 0 spiro atoms. The van der Waals surface area contributed by atoms with Crippen LogP contribution in [0.3, 0.4) is 0 Å². The summed E-state index contributed by atoms with van der Waals surface area (Å²) >= 11 is 0. The van der Waals surface area contributed by atoms with Crippen molar-refractivity contribution in [3.63, 3.8) is 0 Å². The summed E-state index contributed by atoms with van der Waals surface area (Å²) in [7, 11) is 0. The van der Waals surface area contributed by atoms with E-state index in [9.17, 15) is 9.90 Å². The molecule has 0 aliphatic carbocycles. The van der Waals surface area contributed by atoms with Crippen LogP contribution in [0, 0.1) is 0 Å². The van der Waals surface area contributed by atoms with Crippen LogP contribution in [0.15, 0.2) is 73.3 Å². The summed E-state index contributed by atoms with van der Waals surface area (Å²) in [5.41, 5.74) is 1.98. The molecular formula is C23H29NO4. The first-order valence-electron chi connectivity index (χ1n) is 9.57. The summed E-state index contributed by atoms with van der Waals surface area (Å²) in [4.78, 5) is 12.3. The standard InChI is InChI=1S/C23H29NO4/c1-2-10-21(24-23(26)28-18-20-13-7-4-8-14-20)22(15-9-16-25)27-17-19-11-5-3-6-12-19/h2-8,11-14,21-22,25H,1,9-10,15-18H2,(H,24,26)/t21-,22-/m0/s1. The molecule has 5 heteroatoms. The normalized spacial score (nSPS) is 12.8. The van der Waals surface area contributed by atoms with Gasteiger partial charge >= 0.3 is 6.09 Å². The number of carbonyl (C=O) groups is 1. The van der Waals surface area contributed by atoms with E-state index in [-0.39, 0.29) is 25.4 Å². The molecule has 0 aliphatic rings. The maximum atomic E-state index is 12.3. The van der Waals surface area contributed by atoms with Crippen molar-refractivity contribution >= 4 is 6.09 Å². The second kappa shape index (κ2) is 12.7. The van der Waals surface area contributed by atoms with Crippen LogP contribution in [0.1, 0.15) is 30.4 Å². The van der Waals surface area contributed by atoms with Gasteiger partial charge < -0.3 is 19.9 Å². The predicted octanol–water partition coefficient (Wildman–Crippen LogP) is 4.22. The van der Waals surface area contributed by atoms with Gasteiger partial charge in [-0.05, 0) is 30.4 Å². The highest BCUT2D eigenvalue weighted by Gasteiger charge is 2.23. The van der Waals surface area contributed by atoms with E-state index in [1.54, 1.807) is 6.08 Å². The highest BCUT2D eigenvalue weighted by molar-refractivity contribution is 5.67. The Bertz CT molecular complexity index is 690. The molecule has 5 nitrogen and oxygen atoms in total. The number of amides is 1. The third-order valence-corrected chi connectivity index (χ3v) is 4.34. The van der Waals surface area contributed by atoms with E-state index in [0.29, 0.717) is 25.9 Å². The van der Waals surface area contributed by atoms with E-state index < -0.39 is 6.09 Å². The van der Waals surface area contributed by atoms with Crippen molar-refractivity contribution in [3.8, 4) is 0 Å². The zero-order valence-corrected chi connectivity index (χ0v) is 16.1. The molecule has 2 aromatic rings. The molecule has 0 bridgehead atoms. The fourth-order valence-electron chi connectivity index (χ4n) is 2.87. The second-order valence-corrected chi connectivity index (χ2v) is 6.54. The molecule has 0 heterocycles. The number of rotatable bonds is 12. The summed E-state index contributed by atoms with van der Waals surface area (Å²) < 4.78 is 11.4. The molecule has 0 saturated carbocycles. The quantitative estimate of drug-likeness (QED) is 0.539. The first-order valence-corrected chi connectivity index (χ1v) is 9.57. The Balaban J connectivity index is 1.94. The third-order valence-electron chi connectivity index (χ3n) is 4.34. The van der Waals surface area contributed by atoms with E-state index >= 15 is 0 Å². The maximum absolute atomic E-state index is 12.3. The van der Waals surface area contributed by atoms with Gasteiger partial charge in [-0.25, -0.2) is 4.79 Å². The van der Waals surface area contributed by atoms with E-state index in [1.807, 2.05) is 60.7 Å². The van der Waals surface area contributed by atoms with Crippen LogP contribution < -0.4 is 5.32 Å². The number of carbonyl (C=O) groups excluding carboxylic acids is 1. The number of hydrogen-bond acceptors (Lipinski definition) is 4. The lowest BCUT2D eigenvalue weighted by Gasteiger charge is -2.27. The Morgan fingerprint density at radius 3 is 2.21 bits per heavy atom. The minimum atomic E-state index is -0.493. The number of hydrogen-bond donors (Lipinski definition) is 2. The maximum Gasteiger partial charge on any atom is 0.407 e. The van der Waals surface area contributed by atoms with Crippen molar-refractivity contribution in [2.75, 3.05) is 6.61 Å². The fourth-order valence-corrected chi connectivity index (χ4v) is 2.87. The molecule has 0 fully saturated rings. The molecular weight excluding hydrogens is 354 g/mol. The van der Waals surface area contributed by atoms with Gasteiger partial charge in [-0.2, -0.15) is 0 Å². The molecule has 0 radical (unpaired) electrons. The van der Waals surface area contributed by atoms with E-state index in [2.05, 4.69) is 11.9 Å². The molecule has 2 aromatic carbocycles. The molecule has 150 valence electrons. The summed E-state index contributed by atoms with van der Waals surface area (Å²) in [6, 6.07) is 19.1. The summed E-state index contributed by atoms with van der Waals surface area (Å²) in [6.45, 7) is 4.50. The highest BCUT2D eigenvalue weighted by atomic mass is 16.5. The van der Waals surface area contributed by atoms with Crippen molar-refractivity contribution in [2.45, 2.75) is 44.6 Å². The van der Waals surface area contributed by atoms with Crippen LogP contribution >= 0.6 is 0 Å². The van der Waals surface area contributed by atoms with Crippen molar-refractivity contribution in [2.24, 2.45) is 0 Å². The number of aliphatic hydroxyl groups is 1. The van der Waals surface area contributed by atoms with Crippen LogP contribution in [0.5, 0.6) is 0 Å². The SMILES string of the molecule is C=CC[C@H](NC(=O)OCc1ccccc1)[C@H](CCCO)OCc1ccccc1. The zero-order chi connectivity index (χ0) is 20.0. The zero-order valence-electron chi connectivity index (χ0n) is 16.1. The molecule has 28 heavy (non-hydrogen) atoms. The molecule has 1 amide bonds. The number of aliphatic hydroxyl groups excluding tert-OH is 1. The number of benzene rings is 2. The molecule has 2 rings (SSSR count). The lowest BCUT2D eigenvalue weighted by atomic mass is 10.0. The molecule has 0 aliphatic heterocycles. The summed E-state index contributed by atoms with van der Waals surface area (Å²) in [5.74, 6) is 0. The minimum Gasteiger partial charge on any atom is -0.445 e. The van der Waals surface area contributed by atoms with Gasteiger partial charge in [0.2, 0.25) is 0 Å². The first-order chi connectivity index (χ1) is 13.7. The van der Waals surface area contributed by atoms with Crippen LogP contribution in [-0.2, 0) is 22.7 Å². The first kappa shape index (κ1) is 21.7. The average Bonchev–Trinajstić information content (AvgIpc) is 2.74. The van der Waals surface area contributed by atoms with Gasteiger partial charge in [-0.3, -0.25) is 0 Å². The summed E-state index contributed by atoms with van der Waals surface area (Å²) in [5, 5.41) is 12.1. The van der Waals surface area contributed by atoms with Gasteiger partial charge in [0.05, 0.1) is 18.8 Å². The van der Waals surface area contributed by atoms with Gasteiger partial charge in [-0.1, -0.05) is 66.7 Å². The lowest BCUT2D eigenvalue weighted by Crippen LogP contribution is -2.44. The Labute approximate surface area is 167 Å². The van der Waals surface area contributed by atoms with Crippen molar-refractivity contribution < 1.29 is 19.4 Å². The van der Waals surface area contributed by atoms with Crippen molar-refractivity contribution in [3.05, 3.63) is 84.4 Å². The summed E-state index contributed by atoms with van der Waals surface area (Å²) in [6.07, 6.45) is 2.77. The van der Waals surface area contributed by atoms with Gasteiger partial charge in [0, 0.05) is 6.61 Å². The topological polar surface area (TPSA) is 67.8 Å². The smallest absolute Gasteiger partial charge is 0.407 e. The van der Waals surface area contributed by atoms with Crippen LogP contribution in [0.2, 0.25) is 0 Å². The van der Waals surface area contributed by atoms with Crippen molar-refractivity contribution in [1.29, 1.82) is 0 Å². The predicted molar refractivity (Wildman–Crippen MR) is 110 cm³/mol. The van der Waals surface area contributed by atoms with Crippen molar-refractivity contribution in [1.82, 2.24) is 5.32 Å². The van der Waals surface area contributed by atoms with E-state index in [1.165, 1.54) is 0 Å². The van der Waals surface area contributed by atoms with E-state index in [0.717, 1.165) is 11.1 Å². The largest absolute Gasteiger partial charge is 0.445 e. The van der Waals surface area contributed by atoms with Crippen LogP contribution in [-0.4, -0.2) is 30.0 Å². The van der Waals surface area contributed by atoms with E-state index in [4.69, 9.17) is 9.47 Å². The second-order valence-electron chi connectivity index (χ2n) is 6.54. The Morgan fingerprint density at radius 1 is 1.04 bits per heavy atom. The Kier molecular flexibility index (Phi) is 9.83. The van der Waals surface area contributed by atoms with Gasteiger partial charge in [0.15, 0.2) is 0 Å². The highest BCUT2D eigenvalue weighted by Crippen LogP contribution is 2.15. The third kappa shape index (κ3) is 7.94. The fraction of sp³-hybridized carbons (Fsp3) is 0.348. The van der Waals surface area contributed by atoms with Gasteiger partial charge in [-0.15, -0.1) is 6.58 Å². The average molecular weight is 383 g/mol. The van der Waals surface area contributed by atoms with Gasteiger partial charge in [0.1, 0.15) is 6.61 Å². The number of nitrogens with one attached hydrogen (secondary N) is 1.